The number of hydrogen-bond donors (Lipinski definition) is 0. The number of benzene rings is 2. The van der Waals surface area contributed by atoms with E-state index < -0.39 is 0 Å². The van der Waals surface area contributed by atoms with Crippen molar-refractivity contribution < 1.29 is 0 Å². The molecule has 0 aliphatic rings. The van der Waals surface area contributed by atoms with Crippen LogP contribution in [0.15, 0.2) is 36.4 Å². The Kier molecular flexibility index (Phi) is 5.06. The fraction of sp³-hybridized carbons (Fsp3) is 0.333. The van der Waals surface area contributed by atoms with Crippen molar-refractivity contribution in [1.82, 2.24) is 0 Å². The summed E-state index contributed by atoms with van der Waals surface area (Å²) in [5, 5.41) is 3.58. The lowest BCUT2D eigenvalue weighted by molar-refractivity contribution is 0.647. The van der Waals surface area contributed by atoms with Gasteiger partial charge in [0.25, 0.3) is 0 Å². The van der Waals surface area contributed by atoms with Crippen LogP contribution in [0.3, 0.4) is 0 Å². The van der Waals surface area contributed by atoms with E-state index in [-0.39, 0.29) is 0 Å². The highest BCUT2D eigenvalue weighted by atomic mass is 35.5. The first-order valence-corrected chi connectivity index (χ1v) is 8.46. The van der Waals surface area contributed by atoms with E-state index in [4.69, 9.17) is 11.6 Å². The zero-order valence-electron chi connectivity index (χ0n) is 12.6. The minimum atomic E-state index is 0.629. The first-order valence-electron chi connectivity index (χ1n) is 7.08. The van der Waals surface area contributed by atoms with Crippen molar-refractivity contribution in [3.8, 4) is 0 Å². The smallest absolute Gasteiger partial charge is 0.0842 e. The van der Waals surface area contributed by atoms with Gasteiger partial charge in [-0.05, 0) is 36.9 Å². The fourth-order valence-electron chi connectivity index (χ4n) is 2.48. The SMILES string of the molecule is Cc1cc(C)cc([Si]c2cccc(CC(C)C)c2Cl)c1. The molecule has 0 saturated heterocycles. The van der Waals surface area contributed by atoms with E-state index in [1.165, 1.54) is 27.1 Å². The Balaban J connectivity index is 2.29. The summed E-state index contributed by atoms with van der Waals surface area (Å²) in [7, 11) is 0.629. The van der Waals surface area contributed by atoms with Gasteiger partial charge >= 0.3 is 0 Å². The Morgan fingerprint density at radius 3 is 2.30 bits per heavy atom. The number of rotatable bonds is 4. The van der Waals surface area contributed by atoms with E-state index in [1.807, 2.05) is 0 Å². The summed E-state index contributed by atoms with van der Waals surface area (Å²) in [6.07, 6.45) is 1.05. The van der Waals surface area contributed by atoms with E-state index in [9.17, 15) is 0 Å². The van der Waals surface area contributed by atoms with Gasteiger partial charge in [0, 0.05) is 5.02 Å². The lowest BCUT2D eigenvalue weighted by Gasteiger charge is -2.11. The summed E-state index contributed by atoms with van der Waals surface area (Å²) in [6.45, 7) is 8.76. The van der Waals surface area contributed by atoms with Gasteiger partial charge in [0.1, 0.15) is 9.52 Å². The first-order chi connectivity index (χ1) is 9.45. The maximum Gasteiger partial charge on any atom is 0.123 e. The monoisotopic (exact) mass is 300 g/mol. The summed E-state index contributed by atoms with van der Waals surface area (Å²) in [5.74, 6) is 0.632. The van der Waals surface area contributed by atoms with Crippen LogP contribution in [0.2, 0.25) is 5.02 Å². The zero-order chi connectivity index (χ0) is 14.7. The van der Waals surface area contributed by atoms with Crippen LogP contribution in [0.1, 0.15) is 30.5 Å². The number of halogens is 1. The van der Waals surface area contributed by atoms with Gasteiger partial charge in [0.05, 0.1) is 0 Å². The fourth-order valence-corrected chi connectivity index (χ4v) is 4.18. The van der Waals surface area contributed by atoms with Crippen LogP contribution < -0.4 is 10.4 Å². The van der Waals surface area contributed by atoms with Gasteiger partial charge in [0.2, 0.25) is 0 Å². The lowest BCUT2D eigenvalue weighted by atomic mass is 10.0. The third-order valence-electron chi connectivity index (χ3n) is 3.21. The second kappa shape index (κ2) is 6.60. The van der Waals surface area contributed by atoms with Crippen molar-refractivity contribution in [2.45, 2.75) is 34.1 Å². The highest BCUT2D eigenvalue weighted by Crippen LogP contribution is 2.17. The molecule has 20 heavy (non-hydrogen) atoms. The first kappa shape index (κ1) is 15.3. The predicted molar refractivity (Wildman–Crippen MR) is 90.9 cm³/mol. The summed E-state index contributed by atoms with van der Waals surface area (Å²) >= 11 is 6.59. The summed E-state index contributed by atoms with van der Waals surface area (Å²) in [4.78, 5) is 0. The van der Waals surface area contributed by atoms with Crippen molar-refractivity contribution in [2.75, 3.05) is 0 Å². The molecule has 0 aliphatic carbocycles. The third-order valence-corrected chi connectivity index (χ3v) is 5.08. The van der Waals surface area contributed by atoms with Crippen molar-refractivity contribution in [3.63, 3.8) is 0 Å². The predicted octanol–water partition coefficient (Wildman–Crippen LogP) is 3.81. The minimum Gasteiger partial charge on any atom is -0.0842 e. The molecule has 0 unspecified atom stereocenters. The van der Waals surface area contributed by atoms with E-state index in [1.54, 1.807) is 0 Å². The molecule has 0 aromatic heterocycles. The maximum atomic E-state index is 6.59. The molecule has 0 atom stereocenters. The van der Waals surface area contributed by atoms with E-state index in [0.29, 0.717) is 15.4 Å². The topological polar surface area (TPSA) is 0 Å². The van der Waals surface area contributed by atoms with Gasteiger partial charge in [-0.2, -0.15) is 0 Å². The Hall–Kier alpha value is -1.05. The van der Waals surface area contributed by atoms with Crippen LogP contribution in [-0.4, -0.2) is 9.52 Å². The van der Waals surface area contributed by atoms with Crippen LogP contribution in [0.4, 0.5) is 0 Å². The van der Waals surface area contributed by atoms with Crippen molar-refractivity contribution in [2.24, 2.45) is 5.92 Å². The van der Waals surface area contributed by atoms with Crippen LogP contribution in [0.5, 0.6) is 0 Å². The molecule has 2 heteroatoms. The van der Waals surface area contributed by atoms with Gasteiger partial charge in [-0.1, -0.05) is 78.2 Å². The van der Waals surface area contributed by atoms with Crippen molar-refractivity contribution >= 4 is 31.5 Å². The van der Waals surface area contributed by atoms with Gasteiger partial charge in [-0.3, -0.25) is 0 Å². The lowest BCUT2D eigenvalue weighted by Crippen LogP contribution is -2.29. The van der Waals surface area contributed by atoms with Crippen LogP contribution in [0, 0.1) is 19.8 Å². The van der Waals surface area contributed by atoms with Crippen molar-refractivity contribution in [3.05, 3.63) is 58.1 Å². The molecule has 2 radical (unpaired) electrons. The maximum absolute atomic E-state index is 6.59. The molecule has 0 heterocycles. The third kappa shape index (κ3) is 3.97. The van der Waals surface area contributed by atoms with Crippen LogP contribution in [-0.2, 0) is 6.42 Å². The molecule has 0 amide bonds. The molecule has 0 spiro atoms. The molecular formula is C18H21ClSi. The van der Waals surface area contributed by atoms with Gasteiger partial charge in [-0.25, -0.2) is 0 Å². The van der Waals surface area contributed by atoms with Crippen molar-refractivity contribution in [1.29, 1.82) is 0 Å². The summed E-state index contributed by atoms with van der Waals surface area (Å²) < 4.78 is 0. The van der Waals surface area contributed by atoms with Crippen LogP contribution in [0.25, 0.3) is 0 Å². The quantitative estimate of drug-likeness (QED) is 0.753. The highest BCUT2D eigenvalue weighted by Gasteiger charge is 2.09. The average Bonchev–Trinajstić information content (AvgIpc) is 2.32. The van der Waals surface area contributed by atoms with Gasteiger partial charge in [0.15, 0.2) is 0 Å². The molecule has 0 saturated carbocycles. The van der Waals surface area contributed by atoms with Crippen LogP contribution >= 0.6 is 11.6 Å². The minimum absolute atomic E-state index is 0.629. The summed E-state index contributed by atoms with van der Waals surface area (Å²) in [6, 6.07) is 13.2. The molecule has 0 N–H and O–H groups in total. The van der Waals surface area contributed by atoms with Gasteiger partial charge < -0.3 is 0 Å². The Labute approximate surface area is 130 Å². The molecule has 2 aromatic carbocycles. The second-order valence-electron chi connectivity index (χ2n) is 5.88. The van der Waals surface area contributed by atoms with E-state index in [2.05, 4.69) is 64.1 Å². The molecule has 0 nitrogen and oxygen atoms in total. The van der Waals surface area contributed by atoms with Gasteiger partial charge in [-0.15, -0.1) is 0 Å². The average molecular weight is 301 g/mol. The Morgan fingerprint density at radius 1 is 1.05 bits per heavy atom. The summed E-state index contributed by atoms with van der Waals surface area (Å²) in [5.41, 5.74) is 3.92. The largest absolute Gasteiger partial charge is 0.123 e. The molecule has 0 bridgehead atoms. The van der Waals surface area contributed by atoms with E-state index in [0.717, 1.165) is 11.4 Å². The van der Waals surface area contributed by atoms with E-state index >= 15 is 0 Å². The molecule has 2 rings (SSSR count). The molecule has 0 fully saturated rings. The normalized spacial score (nSPS) is 11.1. The molecule has 104 valence electrons. The second-order valence-corrected chi connectivity index (χ2v) is 7.62. The Morgan fingerprint density at radius 2 is 1.70 bits per heavy atom. The zero-order valence-corrected chi connectivity index (χ0v) is 14.4. The number of hydrogen-bond acceptors (Lipinski definition) is 0. The standard InChI is InChI=1S/C18H21ClSi/c1-12(2)8-15-6-5-7-17(18(15)19)20-16-10-13(3)9-14(4)11-16/h5-7,9-12H,8H2,1-4H3. The number of aryl methyl sites for hydroxylation is 2. The Bertz CT molecular complexity index is 582. The highest BCUT2D eigenvalue weighted by molar-refractivity contribution is 6.70. The molecule has 2 aromatic rings. The molecule has 0 aliphatic heterocycles. The molecular weight excluding hydrogens is 280 g/mol.